The van der Waals surface area contributed by atoms with Gasteiger partial charge in [-0.1, -0.05) is 6.92 Å². The molecule has 5 heteroatoms. The maximum Gasteiger partial charge on any atom is 0.337 e. The maximum atomic E-state index is 10.7. The first-order valence-corrected chi connectivity index (χ1v) is 5.48. The third kappa shape index (κ3) is 4.32. The highest BCUT2D eigenvalue weighted by Gasteiger charge is 2.08. The van der Waals surface area contributed by atoms with Crippen molar-refractivity contribution in [1.29, 1.82) is 0 Å². The lowest BCUT2D eigenvalue weighted by atomic mass is 10.2. The molecule has 0 spiro atoms. The van der Waals surface area contributed by atoms with Gasteiger partial charge in [0.25, 0.3) is 0 Å². The van der Waals surface area contributed by atoms with Gasteiger partial charge in [-0.2, -0.15) is 0 Å². The summed E-state index contributed by atoms with van der Waals surface area (Å²) < 4.78 is 10.6. The number of carboxylic acids is 1. The van der Waals surface area contributed by atoms with Crippen molar-refractivity contribution in [3.63, 3.8) is 0 Å². The number of hydrogen-bond acceptors (Lipinski definition) is 4. The van der Waals surface area contributed by atoms with E-state index in [0.717, 1.165) is 6.42 Å². The molecule has 0 atom stereocenters. The molecule has 0 aromatic heterocycles. The second-order valence-corrected chi connectivity index (χ2v) is 3.52. The Hall–Kier alpha value is -1.75. The monoisotopic (exact) mass is 239 g/mol. The molecule has 17 heavy (non-hydrogen) atoms. The van der Waals surface area contributed by atoms with Crippen LogP contribution in [0.2, 0.25) is 0 Å². The maximum absolute atomic E-state index is 10.7. The fraction of sp³-hybridized carbons (Fsp3) is 0.417. The zero-order chi connectivity index (χ0) is 12.7. The van der Waals surface area contributed by atoms with Gasteiger partial charge < -0.3 is 20.3 Å². The zero-order valence-electron chi connectivity index (χ0n) is 9.81. The van der Waals surface area contributed by atoms with Crippen LogP contribution in [0.25, 0.3) is 0 Å². The number of rotatable bonds is 7. The van der Waals surface area contributed by atoms with Gasteiger partial charge in [0.15, 0.2) is 0 Å². The van der Waals surface area contributed by atoms with Gasteiger partial charge in [-0.3, -0.25) is 0 Å². The molecule has 3 N–H and O–H groups in total. The number of carboxylic acid groups (broad SMARTS) is 1. The minimum atomic E-state index is -1.04. The van der Waals surface area contributed by atoms with Gasteiger partial charge in [0.05, 0.1) is 12.2 Å². The Morgan fingerprint density at radius 2 is 2.12 bits per heavy atom. The third-order valence-electron chi connectivity index (χ3n) is 2.10. The second kappa shape index (κ2) is 6.75. The summed E-state index contributed by atoms with van der Waals surface area (Å²) in [5.74, 6) is -0.493. The number of hydrogen-bond donors (Lipinski definition) is 2. The molecule has 0 saturated heterocycles. The summed E-state index contributed by atoms with van der Waals surface area (Å²) in [6.45, 7) is 3.68. The first kappa shape index (κ1) is 13.3. The minimum Gasteiger partial charge on any atom is -0.491 e. The molecular weight excluding hydrogens is 222 g/mol. The quantitative estimate of drug-likeness (QED) is 0.559. The predicted octanol–water partition coefficient (Wildman–Crippen LogP) is 1.77. The highest BCUT2D eigenvalue weighted by Crippen LogP contribution is 2.19. The van der Waals surface area contributed by atoms with Crippen LogP contribution >= 0.6 is 0 Å². The van der Waals surface area contributed by atoms with Crippen LogP contribution in [0.15, 0.2) is 18.2 Å². The third-order valence-corrected chi connectivity index (χ3v) is 2.10. The smallest absolute Gasteiger partial charge is 0.337 e. The number of benzene rings is 1. The molecule has 0 radical (unpaired) electrons. The number of ether oxygens (including phenoxy) is 2. The molecule has 0 aliphatic rings. The highest BCUT2D eigenvalue weighted by atomic mass is 16.5. The predicted molar refractivity (Wildman–Crippen MR) is 64.4 cm³/mol. The van der Waals surface area contributed by atoms with E-state index in [4.69, 9.17) is 20.3 Å². The van der Waals surface area contributed by atoms with E-state index in [2.05, 4.69) is 0 Å². The fourth-order valence-corrected chi connectivity index (χ4v) is 1.29. The Morgan fingerprint density at radius 1 is 1.35 bits per heavy atom. The molecule has 0 amide bonds. The average Bonchev–Trinajstić information content (AvgIpc) is 2.28. The number of aromatic carboxylic acids is 1. The molecule has 0 heterocycles. The Morgan fingerprint density at radius 3 is 2.71 bits per heavy atom. The van der Waals surface area contributed by atoms with Crippen molar-refractivity contribution in [2.24, 2.45) is 0 Å². The first-order chi connectivity index (χ1) is 8.15. The number of carbonyl (C=O) groups is 1. The van der Waals surface area contributed by atoms with E-state index in [1.807, 2.05) is 6.92 Å². The van der Waals surface area contributed by atoms with E-state index in [1.54, 1.807) is 6.07 Å². The molecule has 0 aliphatic carbocycles. The summed E-state index contributed by atoms with van der Waals surface area (Å²) in [5, 5.41) is 8.79. The number of nitrogen functional groups attached to an aromatic ring is 1. The Balaban J connectivity index is 2.45. The van der Waals surface area contributed by atoms with Crippen LogP contribution in [-0.2, 0) is 4.74 Å². The fourth-order valence-electron chi connectivity index (χ4n) is 1.29. The number of anilines is 1. The van der Waals surface area contributed by atoms with Gasteiger partial charge in [0.1, 0.15) is 12.4 Å². The minimum absolute atomic E-state index is 0.0829. The lowest BCUT2D eigenvalue weighted by Gasteiger charge is -2.08. The van der Waals surface area contributed by atoms with Crippen LogP contribution in [0.3, 0.4) is 0 Å². The largest absolute Gasteiger partial charge is 0.491 e. The summed E-state index contributed by atoms with van der Waals surface area (Å²) in [6.07, 6.45) is 0.972. The van der Waals surface area contributed by atoms with Gasteiger partial charge in [-0.05, 0) is 18.6 Å². The molecule has 0 saturated carbocycles. The van der Waals surface area contributed by atoms with E-state index in [9.17, 15) is 4.79 Å². The first-order valence-electron chi connectivity index (χ1n) is 5.48. The summed E-state index contributed by atoms with van der Waals surface area (Å²) in [7, 11) is 0. The van der Waals surface area contributed by atoms with Gasteiger partial charge in [0.2, 0.25) is 0 Å². The molecule has 0 bridgehead atoms. The second-order valence-electron chi connectivity index (χ2n) is 3.52. The van der Waals surface area contributed by atoms with Crippen molar-refractivity contribution in [3.8, 4) is 5.75 Å². The van der Waals surface area contributed by atoms with E-state index in [0.29, 0.717) is 25.6 Å². The van der Waals surface area contributed by atoms with E-state index in [1.165, 1.54) is 12.1 Å². The van der Waals surface area contributed by atoms with E-state index in [-0.39, 0.29) is 11.3 Å². The van der Waals surface area contributed by atoms with Crippen molar-refractivity contribution < 1.29 is 19.4 Å². The lowest BCUT2D eigenvalue weighted by molar-refractivity contribution is 0.0698. The van der Waals surface area contributed by atoms with Crippen molar-refractivity contribution in [2.75, 3.05) is 25.6 Å². The highest BCUT2D eigenvalue weighted by molar-refractivity contribution is 5.93. The average molecular weight is 239 g/mol. The van der Waals surface area contributed by atoms with Gasteiger partial charge in [-0.15, -0.1) is 0 Å². The van der Waals surface area contributed by atoms with Gasteiger partial charge in [-0.25, -0.2) is 4.79 Å². The summed E-state index contributed by atoms with van der Waals surface area (Å²) in [4.78, 5) is 10.7. The van der Waals surface area contributed by atoms with Crippen molar-refractivity contribution in [3.05, 3.63) is 23.8 Å². The molecule has 1 rings (SSSR count). The van der Waals surface area contributed by atoms with Gasteiger partial charge in [0, 0.05) is 18.4 Å². The van der Waals surface area contributed by atoms with Crippen molar-refractivity contribution >= 4 is 11.7 Å². The molecule has 5 nitrogen and oxygen atoms in total. The van der Waals surface area contributed by atoms with Gasteiger partial charge >= 0.3 is 5.97 Å². The zero-order valence-corrected chi connectivity index (χ0v) is 9.81. The Labute approximate surface area is 100 Å². The molecule has 1 aromatic rings. The van der Waals surface area contributed by atoms with E-state index < -0.39 is 5.97 Å². The normalized spacial score (nSPS) is 10.2. The summed E-state index contributed by atoms with van der Waals surface area (Å²) in [6, 6.07) is 4.52. The SMILES string of the molecule is CCCOCCOc1ccc(C(=O)O)c(N)c1. The molecule has 1 aromatic carbocycles. The number of nitrogens with two attached hydrogens (primary N) is 1. The van der Waals surface area contributed by atoms with Crippen LogP contribution in [0.1, 0.15) is 23.7 Å². The van der Waals surface area contributed by atoms with Crippen LogP contribution in [0, 0.1) is 0 Å². The molecule has 0 fully saturated rings. The van der Waals surface area contributed by atoms with Crippen LogP contribution in [0.5, 0.6) is 5.75 Å². The van der Waals surface area contributed by atoms with Crippen molar-refractivity contribution in [1.82, 2.24) is 0 Å². The lowest BCUT2D eigenvalue weighted by Crippen LogP contribution is -2.08. The molecule has 0 aliphatic heterocycles. The van der Waals surface area contributed by atoms with Crippen LogP contribution in [0.4, 0.5) is 5.69 Å². The standard InChI is InChI=1S/C12H17NO4/c1-2-5-16-6-7-17-9-3-4-10(12(14)15)11(13)8-9/h3-4,8H,2,5-7,13H2,1H3,(H,14,15). The van der Waals surface area contributed by atoms with Crippen LogP contribution < -0.4 is 10.5 Å². The Bertz CT molecular complexity index is 379. The summed E-state index contributed by atoms with van der Waals surface area (Å²) >= 11 is 0. The van der Waals surface area contributed by atoms with Crippen molar-refractivity contribution in [2.45, 2.75) is 13.3 Å². The molecule has 0 unspecified atom stereocenters. The topological polar surface area (TPSA) is 81.8 Å². The molecule has 94 valence electrons. The van der Waals surface area contributed by atoms with E-state index >= 15 is 0 Å². The van der Waals surface area contributed by atoms with Crippen LogP contribution in [-0.4, -0.2) is 30.9 Å². The molecular formula is C12H17NO4. The summed E-state index contributed by atoms with van der Waals surface area (Å²) in [5.41, 5.74) is 5.86. The Kier molecular flexibility index (Phi) is 5.29.